The number of benzene rings is 1. The summed E-state index contributed by atoms with van der Waals surface area (Å²) in [6.45, 7) is 2.82. The third-order valence-corrected chi connectivity index (χ3v) is 2.65. The first kappa shape index (κ1) is 13.6. The van der Waals surface area contributed by atoms with Crippen LogP contribution in [0.15, 0.2) is 23.4 Å². The van der Waals surface area contributed by atoms with Gasteiger partial charge in [-0.15, -0.1) is 0 Å². The van der Waals surface area contributed by atoms with E-state index in [1.54, 1.807) is 18.2 Å². The lowest BCUT2D eigenvalue weighted by Crippen LogP contribution is -2.13. The summed E-state index contributed by atoms with van der Waals surface area (Å²) in [6.07, 6.45) is 3.33. The van der Waals surface area contributed by atoms with Crippen LogP contribution in [0.3, 0.4) is 0 Å². The number of ether oxygens (including phenoxy) is 1. The third-order valence-electron chi connectivity index (χ3n) is 2.34. The van der Waals surface area contributed by atoms with E-state index in [1.807, 2.05) is 0 Å². The highest BCUT2D eigenvalue weighted by Gasteiger charge is 2.06. The fourth-order valence-electron chi connectivity index (χ4n) is 1.39. The van der Waals surface area contributed by atoms with Crippen molar-refractivity contribution < 1.29 is 9.94 Å². The van der Waals surface area contributed by atoms with E-state index in [-0.39, 0.29) is 5.84 Å². The van der Waals surface area contributed by atoms with E-state index in [9.17, 15) is 0 Å². The van der Waals surface area contributed by atoms with Crippen LogP contribution in [0.4, 0.5) is 0 Å². The lowest BCUT2D eigenvalue weighted by Gasteiger charge is -2.08. The van der Waals surface area contributed by atoms with Crippen LogP contribution in [-0.4, -0.2) is 17.6 Å². The fourth-order valence-corrected chi connectivity index (χ4v) is 1.66. The maximum absolute atomic E-state index is 8.56. The summed E-state index contributed by atoms with van der Waals surface area (Å²) in [6, 6.07) is 5.10. The minimum absolute atomic E-state index is 0.00691. The number of oxime groups is 1. The molecule has 0 heterocycles. The number of hydrogen-bond acceptors (Lipinski definition) is 3. The number of amidine groups is 1. The van der Waals surface area contributed by atoms with Crippen LogP contribution in [0.5, 0.6) is 5.75 Å². The second-order valence-electron chi connectivity index (χ2n) is 3.68. The van der Waals surface area contributed by atoms with Crippen molar-refractivity contribution in [2.45, 2.75) is 26.2 Å². The van der Waals surface area contributed by atoms with Crippen molar-refractivity contribution in [3.05, 3.63) is 28.8 Å². The highest BCUT2D eigenvalue weighted by Crippen LogP contribution is 2.22. The van der Waals surface area contributed by atoms with Crippen LogP contribution in [0.1, 0.15) is 31.7 Å². The van der Waals surface area contributed by atoms with Gasteiger partial charge in [0.2, 0.25) is 0 Å². The molecule has 0 radical (unpaired) electrons. The number of unbranched alkanes of at least 4 members (excludes halogenated alkanes) is 2. The Morgan fingerprint density at radius 3 is 2.82 bits per heavy atom. The Hall–Kier alpha value is -1.42. The molecule has 17 heavy (non-hydrogen) atoms. The zero-order valence-electron chi connectivity index (χ0n) is 9.82. The number of halogens is 1. The molecule has 1 rings (SSSR count). The van der Waals surface area contributed by atoms with E-state index in [0.29, 0.717) is 22.9 Å². The SMILES string of the molecule is CCCCCOc1ccc(C(N)=NO)c(Cl)c1. The molecule has 0 fully saturated rings. The summed E-state index contributed by atoms with van der Waals surface area (Å²) >= 11 is 5.99. The first-order chi connectivity index (χ1) is 8.19. The van der Waals surface area contributed by atoms with Gasteiger partial charge in [-0.1, -0.05) is 36.5 Å². The maximum atomic E-state index is 8.56. The molecule has 0 saturated carbocycles. The van der Waals surface area contributed by atoms with Crippen LogP contribution in [-0.2, 0) is 0 Å². The van der Waals surface area contributed by atoms with Crippen molar-refractivity contribution in [2.75, 3.05) is 6.61 Å². The molecular formula is C12H17ClN2O2. The lowest BCUT2D eigenvalue weighted by molar-refractivity contribution is 0.306. The largest absolute Gasteiger partial charge is 0.494 e. The highest BCUT2D eigenvalue weighted by atomic mass is 35.5. The smallest absolute Gasteiger partial charge is 0.171 e. The Morgan fingerprint density at radius 1 is 1.47 bits per heavy atom. The fraction of sp³-hybridized carbons (Fsp3) is 0.417. The summed E-state index contributed by atoms with van der Waals surface area (Å²) in [7, 11) is 0. The molecule has 0 atom stereocenters. The molecule has 3 N–H and O–H groups in total. The molecule has 0 aliphatic rings. The van der Waals surface area contributed by atoms with Gasteiger partial charge in [-0.2, -0.15) is 0 Å². The molecule has 0 amide bonds. The molecule has 4 nitrogen and oxygen atoms in total. The molecule has 1 aromatic carbocycles. The van der Waals surface area contributed by atoms with Crippen LogP contribution in [0.25, 0.3) is 0 Å². The van der Waals surface area contributed by atoms with Gasteiger partial charge in [0.15, 0.2) is 5.84 Å². The van der Waals surface area contributed by atoms with E-state index in [2.05, 4.69) is 12.1 Å². The molecular weight excluding hydrogens is 240 g/mol. The van der Waals surface area contributed by atoms with Crippen molar-refractivity contribution in [3.63, 3.8) is 0 Å². The number of hydrogen-bond donors (Lipinski definition) is 2. The minimum Gasteiger partial charge on any atom is -0.494 e. The normalized spacial score (nSPS) is 11.5. The van der Waals surface area contributed by atoms with E-state index >= 15 is 0 Å². The number of nitrogens with zero attached hydrogens (tertiary/aromatic N) is 1. The predicted molar refractivity (Wildman–Crippen MR) is 69.0 cm³/mol. The van der Waals surface area contributed by atoms with Crippen LogP contribution in [0.2, 0.25) is 5.02 Å². The summed E-state index contributed by atoms with van der Waals surface area (Å²) in [5.74, 6) is 0.688. The average molecular weight is 257 g/mol. The topological polar surface area (TPSA) is 67.8 Å². The molecule has 0 aliphatic heterocycles. The maximum Gasteiger partial charge on any atom is 0.171 e. The van der Waals surface area contributed by atoms with E-state index < -0.39 is 0 Å². The van der Waals surface area contributed by atoms with Gasteiger partial charge in [0.05, 0.1) is 11.6 Å². The van der Waals surface area contributed by atoms with Crippen molar-refractivity contribution >= 4 is 17.4 Å². The number of nitrogens with two attached hydrogens (primary N) is 1. The number of rotatable bonds is 6. The summed E-state index contributed by atoms with van der Waals surface area (Å²) in [5.41, 5.74) is 5.96. The summed E-state index contributed by atoms with van der Waals surface area (Å²) in [4.78, 5) is 0. The van der Waals surface area contributed by atoms with Gasteiger partial charge in [0.25, 0.3) is 0 Å². The van der Waals surface area contributed by atoms with Crippen molar-refractivity contribution in [2.24, 2.45) is 10.9 Å². The molecule has 0 bridgehead atoms. The third kappa shape index (κ3) is 4.15. The summed E-state index contributed by atoms with van der Waals surface area (Å²) < 4.78 is 5.53. The van der Waals surface area contributed by atoms with Crippen molar-refractivity contribution in [3.8, 4) is 5.75 Å². The molecule has 0 saturated heterocycles. The lowest BCUT2D eigenvalue weighted by atomic mass is 10.2. The van der Waals surface area contributed by atoms with Crippen LogP contribution < -0.4 is 10.5 Å². The second-order valence-corrected chi connectivity index (χ2v) is 4.09. The van der Waals surface area contributed by atoms with Gasteiger partial charge in [-0.25, -0.2) is 0 Å². The van der Waals surface area contributed by atoms with Gasteiger partial charge in [-0.05, 0) is 24.6 Å². The quantitative estimate of drug-likeness (QED) is 0.270. The van der Waals surface area contributed by atoms with Crippen molar-refractivity contribution in [1.29, 1.82) is 0 Å². The Kier molecular flexibility index (Phi) is 5.63. The van der Waals surface area contributed by atoms with Crippen molar-refractivity contribution in [1.82, 2.24) is 0 Å². The first-order valence-corrected chi connectivity index (χ1v) is 5.97. The zero-order chi connectivity index (χ0) is 12.7. The molecule has 94 valence electrons. The molecule has 5 heteroatoms. The Morgan fingerprint density at radius 2 is 2.24 bits per heavy atom. The van der Waals surface area contributed by atoms with Crippen LogP contribution in [0, 0.1) is 0 Å². The van der Waals surface area contributed by atoms with E-state index in [0.717, 1.165) is 19.3 Å². The minimum atomic E-state index is -0.00691. The van der Waals surface area contributed by atoms with E-state index in [1.165, 1.54) is 0 Å². The van der Waals surface area contributed by atoms with E-state index in [4.69, 9.17) is 27.3 Å². The van der Waals surface area contributed by atoms with Gasteiger partial charge >= 0.3 is 0 Å². The highest BCUT2D eigenvalue weighted by molar-refractivity contribution is 6.34. The molecule has 0 aliphatic carbocycles. The second kappa shape index (κ2) is 7.01. The van der Waals surface area contributed by atoms with Crippen LogP contribution >= 0.6 is 11.6 Å². The Balaban J connectivity index is 2.63. The van der Waals surface area contributed by atoms with Gasteiger partial charge in [0, 0.05) is 5.56 Å². The van der Waals surface area contributed by atoms with Gasteiger partial charge in [0.1, 0.15) is 5.75 Å². The molecule has 0 aromatic heterocycles. The summed E-state index contributed by atoms with van der Waals surface area (Å²) in [5, 5.41) is 11.9. The monoisotopic (exact) mass is 256 g/mol. The van der Waals surface area contributed by atoms with Gasteiger partial charge < -0.3 is 15.7 Å². The first-order valence-electron chi connectivity index (χ1n) is 5.59. The Bertz CT molecular complexity index is 394. The molecule has 1 aromatic rings. The van der Waals surface area contributed by atoms with Gasteiger partial charge in [-0.3, -0.25) is 0 Å². The Labute approximate surface area is 106 Å². The standard InChI is InChI=1S/C12H17ClN2O2/c1-2-3-4-7-17-9-5-6-10(11(13)8-9)12(14)15-16/h5-6,8,16H,2-4,7H2,1H3,(H2,14,15). The predicted octanol–water partition coefficient (Wildman–Crippen LogP) is 3.00. The average Bonchev–Trinajstić information content (AvgIpc) is 2.34. The zero-order valence-corrected chi connectivity index (χ0v) is 10.6. The molecule has 0 unspecified atom stereocenters. The molecule has 0 spiro atoms.